The highest BCUT2D eigenvalue weighted by molar-refractivity contribution is 7.94. The highest BCUT2D eigenvalue weighted by atomic mass is 32.2. The summed E-state index contributed by atoms with van der Waals surface area (Å²) in [5, 5.41) is 6.31. The molecule has 0 radical (unpaired) electrons. The number of carbonyl (C=O) groups excluding carboxylic acids is 1. The maximum absolute atomic E-state index is 13.3. The molecule has 0 bridgehead atoms. The third kappa shape index (κ3) is 4.33. The lowest BCUT2D eigenvalue weighted by Crippen LogP contribution is -2.47. The first-order chi connectivity index (χ1) is 16.4. The van der Waals surface area contributed by atoms with Gasteiger partial charge in [-0.1, -0.05) is 18.2 Å². The number of sulfonamides is 1. The first kappa shape index (κ1) is 23.3. The number of para-hydroxylation sites is 1. The number of likely N-dealkylation sites (N-methyl/N-ethyl adjacent to an activating group) is 1. The summed E-state index contributed by atoms with van der Waals surface area (Å²) < 4.78 is 28.4. The second-order valence-corrected chi connectivity index (χ2v) is 12.7. The summed E-state index contributed by atoms with van der Waals surface area (Å²) in [5.41, 5.74) is 2.61. The number of benzene rings is 1. The molecule has 11 heteroatoms. The number of anilines is 2. The largest absolute Gasteiger partial charge is 0.374 e. The number of amides is 1. The van der Waals surface area contributed by atoms with Gasteiger partial charge in [-0.25, -0.2) is 13.4 Å². The van der Waals surface area contributed by atoms with E-state index in [2.05, 4.69) is 15.2 Å². The minimum atomic E-state index is -3.62. The van der Waals surface area contributed by atoms with Gasteiger partial charge in [0.2, 0.25) is 5.91 Å². The maximum atomic E-state index is 13.3. The Bertz CT molecular complexity index is 1290. The van der Waals surface area contributed by atoms with E-state index in [9.17, 15) is 13.2 Å². The van der Waals surface area contributed by atoms with Crippen LogP contribution in [-0.4, -0.2) is 62.3 Å². The van der Waals surface area contributed by atoms with Gasteiger partial charge in [-0.05, 0) is 30.0 Å². The SMILES string of the molecule is CCN(c1cccc2c1NC(c1ncc(CN3CCN(C)C(=O)C3)s1)C2)S(=O)(=O)c1cccs1. The lowest BCUT2D eigenvalue weighted by Gasteiger charge is -2.31. The minimum Gasteiger partial charge on any atom is -0.374 e. The van der Waals surface area contributed by atoms with Gasteiger partial charge in [-0.15, -0.1) is 22.7 Å². The van der Waals surface area contributed by atoms with Crippen molar-refractivity contribution in [2.45, 2.75) is 30.1 Å². The highest BCUT2D eigenvalue weighted by Crippen LogP contribution is 2.43. The van der Waals surface area contributed by atoms with Crippen molar-refractivity contribution < 1.29 is 13.2 Å². The molecule has 2 aliphatic heterocycles. The molecule has 2 aromatic heterocycles. The van der Waals surface area contributed by atoms with Crippen LogP contribution in [0.25, 0.3) is 0 Å². The summed E-state index contributed by atoms with van der Waals surface area (Å²) in [6.45, 7) is 4.95. The van der Waals surface area contributed by atoms with E-state index in [1.54, 1.807) is 33.7 Å². The van der Waals surface area contributed by atoms with Crippen LogP contribution in [0.5, 0.6) is 0 Å². The quantitative estimate of drug-likeness (QED) is 0.517. The molecule has 180 valence electrons. The van der Waals surface area contributed by atoms with Crippen molar-refractivity contribution in [2.24, 2.45) is 0 Å². The average Bonchev–Trinajstić information content (AvgIpc) is 3.57. The minimum absolute atomic E-state index is 0.00725. The molecule has 0 spiro atoms. The number of thiazole rings is 1. The lowest BCUT2D eigenvalue weighted by atomic mass is 10.1. The molecule has 1 unspecified atom stereocenters. The Morgan fingerprint density at radius 2 is 2.09 bits per heavy atom. The van der Waals surface area contributed by atoms with E-state index >= 15 is 0 Å². The zero-order chi connectivity index (χ0) is 23.9. The zero-order valence-corrected chi connectivity index (χ0v) is 21.5. The normalized spacial score (nSPS) is 18.7. The molecule has 3 aromatic rings. The van der Waals surface area contributed by atoms with E-state index < -0.39 is 10.0 Å². The van der Waals surface area contributed by atoms with E-state index in [0.29, 0.717) is 29.5 Å². The van der Waals surface area contributed by atoms with Crippen molar-refractivity contribution in [3.8, 4) is 0 Å². The summed E-state index contributed by atoms with van der Waals surface area (Å²) >= 11 is 2.88. The monoisotopic (exact) mass is 517 g/mol. The Kier molecular flexibility index (Phi) is 6.36. The number of nitrogens with zero attached hydrogens (tertiary/aromatic N) is 4. The van der Waals surface area contributed by atoms with Crippen LogP contribution in [0.1, 0.15) is 28.4 Å². The van der Waals surface area contributed by atoms with Crippen LogP contribution in [0.4, 0.5) is 11.4 Å². The zero-order valence-electron chi connectivity index (χ0n) is 19.1. The van der Waals surface area contributed by atoms with Gasteiger partial charge in [-0.2, -0.15) is 0 Å². The molecule has 4 heterocycles. The number of rotatable bonds is 7. The van der Waals surface area contributed by atoms with Crippen molar-refractivity contribution in [1.29, 1.82) is 0 Å². The first-order valence-electron chi connectivity index (χ1n) is 11.2. The van der Waals surface area contributed by atoms with Crippen molar-refractivity contribution in [1.82, 2.24) is 14.8 Å². The van der Waals surface area contributed by atoms with Gasteiger partial charge < -0.3 is 10.2 Å². The number of thiophene rings is 1. The van der Waals surface area contributed by atoms with Gasteiger partial charge in [0.25, 0.3) is 10.0 Å². The smallest absolute Gasteiger partial charge is 0.273 e. The average molecular weight is 518 g/mol. The molecule has 1 fully saturated rings. The molecular weight excluding hydrogens is 490 g/mol. The highest BCUT2D eigenvalue weighted by Gasteiger charge is 2.32. The van der Waals surface area contributed by atoms with Crippen LogP contribution in [0, 0.1) is 0 Å². The van der Waals surface area contributed by atoms with E-state index in [4.69, 9.17) is 0 Å². The third-order valence-electron chi connectivity index (χ3n) is 6.25. The van der Waals surface area contributed by atoms with Gasteiger partial charge in [-0.3, -0.25) is 14.0 Å². The number of carbonyl (C=O) groups is 1. The van der Waals surface area contributed by atoms with E-state index in [-0.39, 0.29) is 11.9 Å². The molecule has 2 aliphatic rings. The molecule has 1 aromatic carbocycles. The molecule has 1 N–H and O–H groups in total. The van der Waals surface area contributed by atoms with Crippen LogP contribution in [-0.2, 0) is 27.8 Å². The fourth-order valence-electron chi connectivity index (χ4n) is 4.43. The van der Waals surface area contributed by atoms with Crippen LogP contribution < -0.4 is 9.62 Å². The van der Waals surface area contributed by atoms with Crippen molar-refractivity contribution in [2.75, 3.05) is 42.8 Å². The lowest BCUT2D eigenvalue weighted by molar-refractivity contribution is -0.134. The second kappa shape index (κ2) is 9.29. The molecule has 8 nitrogen and oxygen atoms in total. The van der Waals surface area contributed by atoms with Crippen LogP contribution in [0.3, 0.4) is 0 Å². The Labute approximate surface area is 207 Å². The number of piperazine rings is 1. The predicted octanol–water partition coefficient (Wildman–Crippen LogP) is 3.40. The Morgan fingerprint density at radius 1 is 1.24 bits per heavy atom. The van der Waals surface area contributed by atoms with Gasteiger partial charge >= 0.3 is 0 Å². The molecule has 0 aliphatic carbocycles. The molecule has 1 saturated heterocycles. The second-order valence-electron chi connectivity index (χ2n) is 8.50. The summed E-state index contributed by atoms with van der Waals surface area (Å²) in [7, 11) is -1.78. The van der Waals surface area contributed by atoms with Gasteiger partial charge in [0.05, 0.1) is 24.0 Å². The standard InChI is InChI=1S/C23H27N5O3S3/c1-3-28(34(30,31)21-8-5-11-32-21)19-7-4-6-16-12-18(25-22(16)19)23-24-13-17(33-23)14-27-10-9-26(2)20(29)15-27/h4-8,11,13,18,25H,3,9-10,12,14-15H2,1-2H3. The maximum Gasteiger partial charge on any atom is 0.273 e. The fraction of sp³-hybridized carbons (Fsp3) is 0.391. The van der Waals surface area contributed by atoms with Crippen LogP contribution in [0.2, 0.25) is 0 Å². The van der Waals surface area contributed by atoms with Crippen molar-refractivity contribution >= 4 is 50.0 Å². The van der Waals surface area contributed by atoms with Crippen molar-refractivity contribution in [3.05, 3.63) is 57.4 Å². The molecule has 5 rings (SSSR count). The number of nitrogens with one attached hydrogen (secondary N) is 1. The Hall–Kier alpha value is -2.47. The number of aromatic nitrogens is 1. The first-order valence-corrected chi connectivity index (χ1v) is 14.4. The number of hydrogen-bond acceptors (Lipinski definition) is 8. The molecule has 34 heavy (non-hydrogen) atoms. The van der Waals surface area contributed by atoms with Crippen LogP contribution in [0.15, 0.2) is 46.1 Å². The van der Waals surface area contributed by atoms with Gasteiger partial charge in [0.1, 0.15) is 9.22 Å². The Balaban J connectivity index is 1.34. The Morgan fingerprint density at radius 3 is 2.82 bits per heavy atom. The van der Waals surface area contributed by atoms with E-state index in [1.807, 2.05) is 38.4 Å². The summed E-state index contributed by atoms with van der Waals surface area (Å²) in [6, 6.07) is 9.22. The summed E-state index contributed by atoms with van der Waals surface area (Å²) in [5.74, 6) is 0.148. The summed E-state index contributed by atoms with van der Waals surface area (Å²) in [6.07, 6.45) is 2.65. The molecule has 0 saturated carbocycles. The molecule has 1 amide bonds. The third-order valence-corrected chi connectivity index (χ3v) is 10.6. The van der Waals surface area contributed by atoms with Gasteiger partial charge in [0.15, 0.2) is 0 Å². The number of fused-ring (bicyclic) bond motifs is 1. The molecular formula is C23H27N5O3S3. The predicted molar refractivity (Wildman–Crippen MR) is 136 cm³/mol. The molecule has 1 atom stereocenters. The van der Waals surface area contributed by atoms with Crippen molar-refractivity contribution in [3.63, 3.8) is 0 Å². The van der Waals surface area contributed by atoms with Gasteiger partial charge in [0, 0.05) is 50.7 Å². The topological polar surface area (TPSA) is 85.8 Å². The van der Waals surface area contributed by atoms with E-state index in [0.717, 1.165) is 40.6 Å². The summed E-state index contributed by atoms with van der Waals surface area (Å²) in [4.78, 5) is 21.7. The van der Waals surface area contributed by atoms with Crippen LogP contribution >= 0.6 is 22.7 Å². The number of hydrogen-bond donors (Lipinski definition) is 1. The fourth-order valence-corrected chi connectivity index (χ4v) is 8.03. The van der Waals surface area contributed by atoms with E-state index in [1.165, 1.54) is 15.6 Å².